The molecule has 0 bridgehead atoms. The van der Waals surface area contributed by atoms with Gasteiger partial charge in [-0.1, -0.05) is 18.2 Å². The number of phenolic OH excluding ortho intramolecular Hbond substituents is 1. The van der Waals surface area contributed by atoms with Gasteiger partial charge in [-0.15, -0.1) is 0 Å². The van der Waals surface area contributed by atoms with Crippen LogP contribution < -0.4 is 9.47 Å². The monoisotopic (exact) mass is 258 g/mol. The van der Waals surface area contributed by atoms with E-state index in [4.69, 9.17) is 9.47 Å². The van der Waals surface area contributed by atoms with Crippen LogP contribution in [0.3, 0.4) is 0 Å². The highest BCUT2D eigenvalue weighted by molar-refractivity contribution is 5.45. The molecule has 2 aromatic carbocycles. The molecule has 1 aliphatic rings. The van der Waals surface area contributed by atoms with Crippen LogP contribution in [0.15, 0.2) is 42.5 Å². The summed E-state index contributed by atoms with van der Waals surface area (Å²) in [5, 5.41) is 19.6. The van der Waals surface area contributed by atoms with Gasteiger partial charge in [0, 0.05) is 6.42 Å². The zero-order chi connectivity index (χ0) is 13.2. The van der Waals surface area contributed by atoms with Crippen molar-refractivity contribution in [3.63, 3.8) is 0 Å². The average molecular weight is 258 g/mol. The summed E-state index contributed by atoms with van der Waals surface area (Å²) in [4.78, 5) is 0. The predicted octanol–water partition coefficient (Wildman–Crippen LogP) is 2.40. The zero-order valence-corrected chi connectivity index (χ0v) is 10.2. The lowest BCUT2D eigenvalue weighted by atomic mass is 10.0. The fourth-order valence-electron chi connectivity index (χ4n) is 2.14. The van der Waals surface area contributed by atoms with Gasteiger partial charge in [0.25, 0.3) is 0 Å². The van der Waals surface area contributed by atoms with Gasteiger partial charge in [0.15, 0.2) is 11.5 Å². The van der Waals surface area contributed by atoms with Gasteiger partial charge in [0.1, 0.15) is 5.75 Å². The lowest BCUT2D eigenvalue weighted by molar-refractivity contribution is 0.171. The lowest BCUT2D eigenvalue weighted by Crippen LogP contribution is -2.01. The highest BCUT2D eigenvalue weighted by Crippen LogP contribution is 2.34. The number of aliphatic hydroxyl groups is 1. The van der Waals surface area contributed by atoms with Crippen molar-refractivity contribution in [2.75, 3.05) is 6.79 Å². The second kappa shape index (κ2) is 4.82. The molecular weight excluding hydrogens is 244 g/mol. The van der Waals surface area contributed by atoms with Crippen molar-refractivity contribution in [1.82, 2.24) is 0 Å². The molecule has 1 unspecified atom stereocenters. The minimum Gasteiger partial charge on any atom is -0.508 e. The van der Waals surface area contributed by atoms with Crippen LogP contribution in [0.25, 0.3) is 0 Å². The number of ether oxygens (including phenoxy) is 2. The number of fused-ring (bicyclic) bond motifs is 1. The quantitative estimate of drug-likeness (QED) is 0.887. The minimum atomic E-state index is -0.642. The molecule has 98 valence electrons. The smallest absolute Gasteiger partial charge is 0.231 e. The third-order valence-corrected chi connectivity index (χ3v) is 3.12. The highest BCUT2D eigenvalue weighted by Gasteiger charge is 2.16. The number of benzene rings is 2. The van der Waals surface area contributed by atoms with Crippen molar-refractivity contribution in [3.05, 3.63) is 53.6 Å². The van der Waals surface area contributed by atoms with E-state index in [9.17, 15) is 10.2 Å². The van der Waals surface area contributed by atoms with E-state index in [2.05, 4.69) is 0 Å². The first kappa shape index (κ1) is 11.9. The van der Waals surface area contributed by atoms with Crippen molar-refractivity contribution in [1.29, 1.82) is 0 Å². The van der Waals surface area contributed by atoms with Crippen LogP contribution in [0.2, 0.25) is 0 Å². The number of phenols is 1. The van der Waals surface area contributed by atoms with Gasteiger partial charge in [0.05, 0.1) is 6.10 Å². The Morgan fingerprint density at radius 2 is 1.89 bits per heavy atom. The highest BCUT2D eigenvalue weighted by atomic mass is 16.7. The third kappa shape index (κ3) is 2.48. The Kier molecular flexibility index (Phi) is 3.01. The molecule has 0 aliphatic carbocycles. The van der Waals surface area contributed by atoms with Crippen molar-refractivity contribution in [3.8, 4) is 17.2 Å². The summed E-state index contributed by atoms with van der Waals surface area (Å²) in [6.07, 6.45) is -0.204. The van der Waals surface area contributed by atoms with Crippen LogP contribution >= 0.6 is 0 Å². The van der Waals surface area contributed by atoms with Gasteiger partial charge in [-0.25, -0.2) is 0 Å². The molecule has 0 amide bonds. The second-order valence-corrected chi connectivity index (χ2v) is 4.50. The molecule has 0 radical (unpaired) electrons. The topological polar surface area (TPSA) is 58.9 Å². The lowest BCUT2D eigenvalue weighted by Gasteiger charge is -2.12. The molecule has 0 aromatic heterocycles. The molecular formula is C15H14O4. The molecule has 0 saturated carbocycles. The normalized spacial score (nSPS) is 14.4. The van der Waals surface area contributed by atoms with Crippen LogP contribution in [-0.4, -0.2) is 17.0 Å². The summed E-state index contributed by atoms with van der Waals surface area (Å²) in [5.74, 6) is 1.57. The van der Waals surface area contributed by atoms with E-state index in [1.807, 2.05) is 12.1 Å². The van der Waals surface area contributed by atoms with Crippen LogP contribution in [0.1, 0.15) is 17.2 Å². The molecule has 0 spiro atoms. The van der Waals surface area contributed by atoms with Crippen molar-refractivity contribution in [2.45, 2.75) is 12.5 Å². The molecule has 2 aromatic rings. The molecule has 0 saturated heterocycles. The van der Waals surface area contributed by atoms with Gasteiger partial charge in [0.2, 0.25) is 6.79 Å². The van der Waals surface area contributed by atoms with E-state index in [1.54, 1.807) is 30.3 Å². The van der Waals surface area contributed by atoms with Crippen LogP contribution in [0.4, 0.5) is 0 Å². The summed E-state index contributed by atoms with van der Waals surface area (Å²) in [6, 6.07) is 12.3. The SMILES string of the molecule is Oc1cccc(CC(O)c2ccc3c(c2)OCO3)c1. The largest absolute Gasteiger partial charge is 0.508 e. The van der Waals surface area contributed by atoms with Crippen LogP contribution in [-0.2, 0) is 6.42 Å². The molecule has 1 aliphatic heterocycles. The van der Waals surface area contributed by atoms with Crippen LogP contribution in [0, 0.1) is 0 Å². The molecule has 3 rings (SSSR count). The van der Waals surface area contributed by atoms with Gasteiger partial charge < -0.3 is 19.7 Å². The van der Waals surface area contributed by atoms with Crippen molar-refractivity contribution < 1.29 is 19.7 Å². The number of aromatic hydroxyl groups is 1. The van der Waals surface area contributed by atoms with Gasteiger partial charge in [-0.2, -0.15) is 0 Å². The fourth-order valence-corrected chi connectivity index (χ4v) is 2.14. The number of aliphatic hydroxyl groups excluding tert-OH is 1. The number of rotatable bonds is 3. The fraction of sp³-hybridized carbons (Fsp3) is 0.200. The first-order valence-corrected chi connectivity index (χ1v) is 6.08. The molecule has 2 N–H and O–H groups in total. The number of hydrogen-bond acceptors (Lipinski definition) is 4. The molecule has 19 heavy (non-hydrogen) atoms. The molecule has 1 heterocycles. The maximum Gasteiger partial charge on any atom is 0.231 e. The maximum absolute atomic E-state index is 10.2. The first-order valence-electron chi connectivity index (χ1n) is 6.08. The van der Waals surface area contributed by atoms with Gasteiger partial charge >= 0.3 is 0 Å². The molecule has 1 atom stereocenters. The van der Waals surface area contributed by atoms with E-state index in [0.717, 1.165) is 11.1 Å². The van der Waals surface area contributed by atoms with E-state index in [1.165, 1.54) is 0 Å². The average Bonchev–Trinajstić information content (AvgIpc) is 2.85. The second-order valence-electron chi connectivity index (χ2n) is 4.50. The van der Waals surface area contributed by atoms with Gasteiger partial charge in [-0.3, -0.25) is 0 Å². The van der Waals surface area contributed by atoms with E-state index < -0.39 is 6.10 Å². The third-order valence-electron chi connectivity index (χ3n) is 3.12. The molecule has 4 nitrogen and oxygen atoms in total. The Hall–Kier alpha value is -2.20. The summed E-state index contributed by atoms with van der Waals surface area (Å²) in [6.45, 7) is 0.224. The maximum atomic E-state index is 10.2. The van der Waals surface area contributed by atoms with E-state index in [-0.39, 0.29) is 12.5 Å². The van der Waals surface area contributed by atoms with Crippen molar-refractivity contribution >= 4 is 0 Å². The predicted molar refractivity (Wildman–Crippen MR) is 69.3 cm³/mol. The Morgan fingerprint density at radius 3 is 2.74 bits per heavy atom. The standard InChI is InChI=1S/C15H14O4/c16-12-3-1-2-10(6-12)7-13(17)11-4-5-14-15(8-11)19-9-18-14/h1-6,8,13,16-17H,7,9H2. The molecule has 0 fully saturated rings. The first-order chi connectivity index (χ1) is 9.22. The summed E-state index contributed by atoms with van der Waals surface area (Å²) in [5.41, 5.74) is 1.65. The van der Waals surface area contributed by atoms with Crippen molar-refractivity contribution in [2.24, 2.45) is 0 Å². The Labute approximate surface area is 110 Å². The summed E-state index contributed by atoms with van der Waals surface area (Å²) < 4.78 is 10.5. The zero-order valence-electron chi connectivity index (χ0n) is 10.2. The van der Waals surface area contributed by atoms with Gasteiger partial charge in [-0.05, 0) is 35.4 Å². The Bertz CT molecular complexity index is 594. The van der Waals surface area contributed by atoms with E-state index >= 15 is 0 Å². The molecule has 4 heteroatoms. The number of hydrogen-bond donors (Lipinski definition) is 2. The minimum absolute atomic E-state index is 0.204. The summed E-state index contributed by atoms with van der Waals surface area (Å²) in [7, 11) is 0. The Morgan fingerprint density at radius 1 is 1.05 bits per heavy atom. The summed E-state index contributed by atoms with van der Waals surface area (Å²) >= 11 is 0. The Balaban J connectivity index is 1.78. The van der Waals surface area contributed by atoms with E-state index in [0.29, 0.717) is 17.9 Å². The van der Waals surface area contributed by atoms with Crippen LogP contribution in [0.5, 0.6) is 17.2 Å².